The summed E-state index contributed by atoms with van der Waals surface area (Å²) in [6.07, 6.45) is 1.84. The van der Waals surface area contributed by atoms with E-state index >= 15 is 0 Å². The normalized spacial score (nSPS) is 10.7. The van der Waals surface area contributed by atoms with Gasteiger partial charge in [-0.25, -0.2) is 9.59 Å². The molecule has 26 heavy (non-hydrogen) atoms. The third-order valence-electron chi connectivity index (χ3n) is 4.04. The average molecular weight is 354 g/mol. The Labute approximate surface area is 155 Å². The second kappa shape index (κ2) is 9.18. The number of rotatable bonds is 7. The summed E-state index contributed by atoms with van der Waals surface area (Å²) >= 11 is 0. The summed E-state index contributed by atoms with van der Waals surface area (Å²) in [6.45, 7) is 8.47. The van der Waals surface area contributed by atoms with Crippen molar-refractivity contribution >= 4 is 11.9 Å². The second-order valence-corrected chi connectivity index (χ2v) is 6.91. The molecule has 0 aliphatic heterocycles. The monoisotopic (exact) mass is 354 g/mol. The zero-order chi connectivity index (χ0) is 19.1. The Balaban J connectivity index is 2.02. The average Bonchev–Trinajstić information content (AvgIpc) is 2.61. The van der Waals surface area contributed by atoms with E-state index in [-0.39, 0.29) is 0 Å². The number of esters is 2. The number of ether oxygens (including phenoxy) is 2. The molecule has 0 fully saturated rings. The van der Waals surface area contributed by atoms with E-state index in [1.165, 1.54) is 6.07 Å². The van der Waals surface area contributed by atoms with Crippen LogP contribution in [-0.2, 0) is 4.74 Å². The van der Waals surface area contributed by atoms with Gasteiger partial charge in [-0.1, -0.05) is 32.0 Å². The number of aryl methyl sites for hydroxylation is 2. The van der Waals surface area contributed by atoms with Crippen LogP contribution >= 0.6 is 0 Å². The lowest BCUT2D eigenvalue weighted by Crippen LogP contribution is -2.12. The van der Waals surface area contributed by atoms with E-state index in [2.05, 4.69) is 13.8 Å². The maximum atomic E-state index is 12.4. The molecule has 0 aliphatic rings. The van der Waals surface area contributed by atoms with E-state index in [1.807, 2.05) is 32.0 Å². The molecule has 0 atom stereocenters. The van der Waals surface area contributed by atoms with Gasteiger partial charge in [0.05, 0.1) is 17.7 Å². The molecule has 0 N–H and O–H groups in total. The number of carbonyl (C=O) groups is 2. The molecular formula is C22H26O4. The first-order valence-electron chi connectivity index (χ1n) is 8.93. The maximum Gasteiger partial charge on any atom is 0.343 e. The Bertz CT molecular complexity index is 777. The van der Waals surface area contributed by atoms with Gasteiger partial charge in [0.2, 0.25) is 0 Å². The predicted molar refractivity (Wildman–Crippen MR) is 102 cm³/mol. The minimum absolute atomic E-state index is 0.322. The molecule has 4 nitrogen and oxygen atoms in total. The topological polar surface area (TPSA) is 52.6 Å². The van der Waals surface area contributed by atoms with E-state index in [9.17, 15) is 9.59 Å². The number of carbonyl (C=O) groups excluding carboxylic acids is 2. The van der Waals surface area contributed by atoms with Crippen molar-refractivity contribution in [3.05, 3.63) is 64.7 Å². The SMILES string of the molecule is Cc1ccc(C)c(OC(=O)c2cccc(C(=O)OCCCC(C)C)c2)c1. The summed E-state index contributed by atoms with van der Waals surface area (Å²) < 4.78 is 10.8. The molecule has 0 saturated carbocycles. The minimum atomic E-state index is -0.492. The van der Waals surface area contributed by atoms with Gasteiger partial charge in [0, 0.05) is 0 Å². The molecule has 4 heteroatoms. The molecule has 0 radical (unpaired) electrons. The van der Waals surface area contributed by atoms with Gasteiger partial charge in [-0.3, -0.25) is 0 Å². The van der Waals surface area contributed by atoms with Gasteiger partial charge in [-0.05, 0) is 68.0 Å². The summed E-state index contributed by atoms with van der Waals surface area (Å²) in [5.74, 6) is 0.192. The van der Waals surface area contributed by atoms with Crippen molar-refractivity contribution in [1.29, 1.82) is 0 Å². The molecule has 0 saturated heterocycles. The lowest BCUT2D eigenvalue weighted by molar-refractivity contribution is 0.0494. The van der Waals surface area contributed by atoms with E-state index in [1.54, 1.807) is 18.2 Å². The van der Waals surface area contributed by atoms with Gasteiger partial charge in [0.1, 0.15) is 5.75 Å². The maximum absolute atomic E-state index is 12.4. The lowest BCUT2D eigenvalue weighted by atomic mass is 10.1. The molecule has 0 aliphatic carbocycles. The fourth-order valence-electron chi connectivity index (χ4n) is 2.49. The minimum Gasteiger partial charge on any atom is -0.462 e. The van der Waals surface area contributed by atoms with Gasteiger partial charge < -0.3 is 9.47 Å². The van der Waals surface area contributed by atoms with Crippen molar-refractivity contribution < 1.29 is 19.1 Å². The van der Waals surface area contributed by atoms with Gasteiger partial charge in [0.15, 0.2) is 0 Å². The molecular weight excluding hydrogens is 328 g/mol. The highest BCUT2D eigenvalue weighted by Gasteiger charge is 2.14. The van der Waals surface area contributed by atoms with Crippen LogP contribution in [-0.4, -0.2) is 18.5 Å². The van der Waals surface area contributed by atoms with Crippen LogP contribution in [0.4, 0.5) is 0 Å². The molecule has 138 valence electrons. The molecule has 0 heterocycles. The highest BCUT2D eigenvalue weighted by atomic mass is 16.5. The van der Waals surface area contributed by atoms with Crippen molar-refractivity contribution in [2.75, 3.05) is 6.61 Å². The molecule has 0 spiro atoms. The van der Waals surface area contributed by atoms with Crippen LogP contribution in [0.1, 0.15) is 58.5 Å². The van der Waals surface area contributed by atoms with E-state index in [0.717, 1.165) is 24.0 Å². The predicted octanol–water partition coefficient (Wildman–Crippen LogP) is 5.12. The first-order chi connectivity index (χ1) is 12.4. The Morgan fingerprint density at radius 2 is 1.65 bits per heavy atom. The number of benzene rings is 2. The van der Waals surface area contributed by atoms with Crippen LogP contribution in [0, 0.1) is 19.8 Å². The molecule has 2 rings (SSSR count). The Morgan fingerprint density at radius 1 is 0.962 bits per heavy atom. The van der Waals surface area contributed by atoms with Crippen LogP contribution < -0.4 is 4.74 Å². The summed E-state index contributed by atoms with van der Waals surface area (Å²) in [4.78, 5) is 24.6. The van der Waals surface area contributed by atoms with Gasteiger partial charge in [0.25, 0.3) is 0 Å². The zero-order valence-corrected chi connectivity index (χ0v) is 15.9. The van der Waals surface area contributed by atoms with Crippen molar-refractivity contribution in [1.82, 2.24) is 0 Å². The standard InChI is InChI=1S/C22H26O4/c1-15(2)7-6-12-25-21(23)18-8-5-9-19(14-18)22(24)26-20-13-16(3)10-11-17(20)4/h5,8-11,13-15H,6-7,12H2,1-4H3. The largest absolute Gasteiger partial charge is 0.462 e. The molecule has 0 aromatic heterocycles. The fraction of sp³-hybridized carbons (Fsp3) is 0.364. The Kier molecular flexibility index (Phi) is 6.96. The number of hydrogen-bond donors (Lipinski definition) is 0. The van der Waals surface area contributed by atoms with Crippen LogP contribution in [0.15, 0.2) is 42.5 Å². The highest BCUT2D eigenvalue weighted by molar-refractivity contribution is 5.96. The van der Waals surface area contributed by atoms with Gasteiger partial charge in [-0.2, -0.15) is 0 Å². The lowest BCUT2D eigenvalue weighted by Gasteiger charge is -2.09. The highest BCUT2D eigenvalue weighted by Crippen LogP contribution is 2.21. The van der Waals surface area contributed by atoms with Crippen molar-refractivity contribution in [2.24, 2.45) is 5.92 Å². The Hall–Kier alpha value is -2.62. The molecule has 0 amide bonds. The van der Waals surface area contributed by atoms with Gasteiger partial charge in [-0.15, -0.1) is 0 Å². The second-order valence-electron chi connectivity index (χ2n) is 6.91. The van der Waals surface area contributed by atoms with Crippen LogP contribution in [0.5, 0.6) is 5.75 Å². The molecule has 0 unspecified atom stereocenters. The van der Waals surface area contributed by atoms with E-state index in [4.69, 9.17) is 9.47 Å². The summed E-state index contributed by atoms with van der Waals surface area (Å²) in [6, 6.07) is 12.1. The fourth-order valence-corrected chi connectivity index (χ4v) is 2.49. The third-order valence-corrected chi connectivity index (χ3v) is 4.04. The van der Waals surface area contributed by atoms with Crippen LogP contribution in [0.2, 0.25) is 0 Å². The quantitative estimate of drug-likeness (QED) is 0.394. The Morgan fingerprint density at radius 3 is 2.35 bits per heavy atom. The van der Waals surface area contributed by atoms with E-state index in [0.29, 0.717) is 29.4 Å². The summed E-state index contributed by atoms with van der Waals surface area (Å²) in [5, 5.41) is 0. The molecule has 0 bridgehead atoms. The molecule has 2 aromatic carbocycles. The summed E-state index contributed by atoms with van der Waals surface area (Å²) in [5.41, 5.74) is 2.56. The summed E-state index contributed by atoms with van der Waals surface area (Å²) in [7, 11) is 0. The van der Waals surface area contributed by atoms with Crippen molar-refractivity contribution in [2.45, 2.75) is 40.5 Å². The zero-order valence-electron chi connectivity index (χ0n) is 15.9. The number of hydrogen-bond acceptors (Lipinski definition) is 4. The third kappa shape index (κ3) is 5.73. The van der Waals surface area contributed by atoms with Crippen LogP contribution in [0.25, 0.3) is 0 Å². The van der Waals surface area contributed by atoms with Crippen molar-refractivity contribution in [3.63, 3.8) is 0 Å². The first-order valence-corrected chi connectivity index (χ1v) is 8.93. The smallest absolute Gasteiger partial charge is 0.343 e. The van der Waals surface area contributed by atoms with Gasteiger partial charge >= 0.3 is 11.9 Å². The van der Waals surface area contributed by atoms with Crippen molar-refractivity contribution in [3.8, 4) is 5.75 Å². The van der Waals surface area contributed by atoms with E-state index < -0.39 is 11.9 Å². The first kappa shape index (κ1) is 19.7. The van der Waals surface area contributed by atoms with Crippen LogP contribution in [0.3, 0.4) is 0 Å². The molecule has 2 aromatic rings.